The number of carbonyl (C=O) groups excluding carboxylic acids is 2. The molecule has 1 heterocycles. The predicted molar refractivity (Wildman–Crippen MR) is 160 cm³/mol. The standard InChI is InChI=1S/C34H38FN3O2/c1-5-37(6-2)27-17-13-24(14-18-27)34-33-29(20-25(21-31(33)39)23-11-15-26(35)16-12-23)36-28-9-7-8-10-30(28)38(34)32(40)19-22(3)4/h7-18,22,25,34,36H,5-6,19-21H2,1-4H3/t25-,34+/m1/s1. The van der Waals surface area contributed by atoms with Gasteiger partial charge in [0, 0.05) is 42.9 Å². The Labute approximate surface area is 236 Å². The molecule has 5 rings (SSSR count). The molecule has 0 saturated heterocycles. The molecule has 6 heteroatoms. The average Bonchev–Trinajstić information content (AvgIpc) is 3.09. The van der Waals surface area contributed by atoms with Crippen LogP contribution in [0.25, 0.3) is 0 Å². The number of hydrogen-bond acceptors (Lipinski definition) is 4. The molecule has 0 unspecified atom stereocenters. The van der Waals surface area contributed by atoms with Gasteiger partial charge in [-0.05, 0) is 79.6 Å². The fourth-order valence-corrected chi connectivity index (χ4v) is 6.06. The smallest absolute Gasteiger partial charge is 0.228 e. The summed E-state index contributed by atoms with van der Waals surface area (Å²) in [6.45, 7) is 10.1. The average molecular weight is 540 g/mol. The van der Waals surface area contributed by atoms with Gasteiger partial charge in [0.15, 0.2) is 5.78 Å². The second-order valence-electron chi connectivity index (χ2n) is 11.1. The van der Waals surface area contributed by atoms with Gasteiger partial charge in [0.2, 0.25) is 5.91 Å². The number of nitrogens with one attached hydrogen (secondary N) is 1. The minimum absolute atomic E-state index is 0.00993. The van der Waals surface area contributed by atoms with Crippen molar-refractivity contribution in [3.63, 3.8) is 0 Å². The maximum Gasteiger partial charge on any atom is 0.228 e. The molecular weight excluding hydrogens is 501 g/mol. The van der Waals surface area contributed by atoms with Crippen molar-refractivity contribution in [1.29, 1.82) is 0 Å². The number of rotatable bonds is 7. The largest absolute Gasteiger partial charge is 0.372 e. The minimum Gasteiger partial charge on any atom is -0.372 e. The lowest BCUT2D eigenvalue weighted by atomic mass is 9.78. The SMILES string of the molecule is CCN(CC)c1ccc([C@H]2C3=C(C[C@@H](c4ccc(F)cc4)CC3=O)Nc3ccccc3N2C(=O)CC(C)C)cc1. The van der Waals surface area contributed by atoms with Gasteiger partial charge in [0.25, 0.3) is 0 Å². The first-order valence-electron chi connectivity index (χ1n) is 14.3. The maximum absolute atomic E-state index is 14.1. The number of ketones is 1. The van der Waals surface area contributed by atoms with Crippen LogP contribution >= 0.6 is 0 Å². The zero-order valence-electron chi connectivity index (χ0n) is 23.8. The van der Waals surface area contributed by atoms with E-state index in [1.807, 2.05) is 43.0 Å². The molecule has 0 bridgehead atoms. The van der Waals surface area contributed by atoms with Crippen molar-refractivity contribution in [2.45, 2.75) is 58.9 Å². The van der Waals surface area contributed by atoms with Crippen molar-refractivity contribution in [3.8, 4) is 0 Å². The highest BCUT2D eigenvalue weighted by molar-refractivity contribution is 6.06. The van der Waals surface area contributed by atoms with Gasteiger partial charge in [0.1, 0.15) is 5.82 Å². The first-order valence-corrected chi connectivity index (χ1v) is 14.3. The maximum atomic E-state index is 14.1. The van der Waals surface area contributed by atoms with Crippen LogP contribution in [-0.2, 0) is 9.59 Å². The van der Waals surface area contributed by atoms with Crippen LogP contribution in [0.15, 0.2) is 84.1 Å². The summed E-state index contributed by atoms with van der Waals surface area (Å²) in [5, 5.41) is 3.57. The zero-order valence-corrected chi connectivity index (χ0v) is 23.8. The molecule has 0 aromatic heterocycles. The third kappa shape index (κ3) is 5.40. The zero-order chi connectivity index (χ0) is 28.4. The molecule has 3 aromatic rings. The van der Waals surface area contributed by atoms with Crippen molar-refractivity contribution in [2.24, 2.45) is 5.92 Å². The first-order chi connectivity index (χ1) is 19.3. The third-order valence-electron chi connectivity index (χ3n) is 8.02. The Kier molecular flexibility index (Phi) is 8.06. The lowest BCUT2D eigenvalue weighted by Gasteiger charge is -2.35. The van der Waals surface area contributed by atoms with E-state index in [9.17, 15) is 14.0 Å². The fraction of sp³-hybridized carbons (Fsp3) is 0.353. The molecule has 3 aromatic carbocycles. The summed E-state index contributed by atoms with van der Waals surface area (Å²) in [6, 6.07) is 22.0. The fourth-order valence-electron chi connectivity index (χ4n) is 6.06. The number of hydrogen-bond donors (Lipinski definition) is 1. The number of benzene rings is 3. The number of nitrogens with zero attached hydrogens (tertiary/aromatic N) is 2. The molecule has 1 N–H and O–H groups in total. The Bertz CT molecular complexity index is 1410. The lowest BCUT2D eigenvalue weighted by molar-refractivity contribution is -0.119. The van der Waals surface area contributed by atoms with Crippen molar-refractivity contribution in [3.05, 3.63) is 101 Å². The van der Waals surface area contributed by atoms with Gasteiger partial charge in [-0.1, -0.05) is 50.2 Å². The highest BCUT2D eigenvalue weighted by Gasteiger charge is 2.41. The van der Waals surface area contributed by atoms with Gasteiger partial charge in [-0.3, -0.25) is 14.5 Å². The van der Waals surface area contributed by atoms with E-state index in [0.717, 1.165) is 47.0 Å². The van der Waals surface area contributed by atoms with Gasteiger partial charge in [-0.25, -0.2) is 4.39 Å². The lowest BCUT2D eigenvalue weighted by Crippen LogP contribution is -2.39. The van der Waals surface area contributed by atoms with Crippen LogP contribution < -0.4 is 15.1 Å². The first kappa shape index (κ1) is 27.6. The molecule has 2 aliphatic rings. The van der Waals surface area contributed by atoms with Crippen molar-refractivity contribution < 1.29 is 14.0 Å². The molecule has 0 saturated carbocycles. The normalized spacial score (nSPS) is 18.6. The molecule has 5 nitrogen and oxygen atoms in total. The number of halogens is 1. The van der Waals surface area contributed by atoms with E-state index in [1.54, 1.807) is 12.1 Å². The molecule has 208 valence electrons. The second-order valence-corrected chi connectivity index (χ2v) is 11.1. The molecule has 40 heavy (non-hydrogen) atoms. The molecule has 1 aliphatic heterocycles. The van der Waals surface area contributed by atoms with E-state index in [1.165, 1.54) is 12.1 Å². The monoisotopic (exact) mass is 539 g/mol. The summed E-state index contributed by atoms with van der Waals surface area (Å²) in [5.74, 6) is -0.199. The highest BCUT2D eigenvalue weighted by atomic mass is 19.1. The van der Waals surface area contributed by atoms with E-state index in [4.69, 9.17) is 0 Å². The molecular formula is C34H38FN3O2. The van der Waals surface area contributed by atoms with Crippen molar-refractivity contribution >= 4 is 28.8 Å². The molecule has 0 fully saturated rings. The molecule has 0 spiro atoms. The van der Waals surface area contributed by atoms with E-state index >= 15 is 0 Å². The van der Waals surface area contributed by atoms with Crippen LogP contribution in [0.1, 0.15) is 70.0 Å². The van der Waals surface area contributed by atoms with Crippen LogP contribution in [0.2, 0.25) is 0 Å². The van der Waals surface area contributed by atoms with Gasteiger partial charge in [0.05, 0.1) is 17.4 Å². The van der Waals surface area contributed by atoms with Crippen molar-refractivity contribution in [2.75, 3.05) is 28.2 Å². The number of allylic oxidation sites excluding steroid dienone is 1. The minimum atomic E-state index is -0.551. The Morgan fingerprint density at radius 3 is 2.25 bits per heavy atom. The molecule has 2 atom stereocenters. The van der Waals surface area contributed by atoms with Crippen LogP contribution in [0.4, 0.5) is 21.5 Å². The predicted octanol–water partition coefficient (Wildman–Crippen LogP) is 7.62. The summed E-state index contributed by atoms with van der Waals surface area (Å²) in [7, 11) is 0. The number of amides is 1. The van der Waals surface area contributed by atoms with Gasteiger partial charge in [-0.2, -0.15) is 0 Å². The van der Waals surface area contributed by atoms with E-state index in [-0.39, 0.29) is 29.3 Å². The van der Waals surface area contributed by atoms with Crippen molar-refractivity contribution in [1.82, 2.24) is 0 Å². The van der Waals surface area contributed by atoms with E-state index < -0.39 is 6.04 Å². The quantitative estimate of drug-likeness (QED) is 0.336. The second kappa shape index (κ2) is 11.7. The van der Waals surface area contributed by atoms with Crippen LogP contribution in [0.5, 0.6) is 0 Å². The summed E-state index contributed by atoms with van der Waals surface area (Å²) in [4.78, 5) is 32.2. The summed E-state index contributed by atoms with van der Waals surface area (Å²) in [6.07, 6.45) is 1.28. The number of anilines is 3. The number of carbonyl (C=O) groups is 2. The van der Waals surface area contributed by atoms with Crippen LogP contribution in [0, 0.1) is 11.7 Å². The Hall–Kier alpha value is -3.93. The topological polar surface area (TPSA) is 52.7 Å². The number of Topliss-reactive ketones (excluding diaryl/α,β-unsaturated/α-hetero) is 1. The van der Waals surface area contributed by atoms with E-state index in [2.05, 4.69) is 48.3 Å². The summed E-state index contributed by atoms with van der Waals surface area (Å²) < 4.78 is 13.7. The van der Waals surface area contributed by atoms with Gasteiger partial charge >= 0.3 is 0 Å². The van der Waals surface area contributed by atoms with Gasteiger partial charge in [-0.15, -0.1) is 0 Å². The Morgan fingerprint density at radius 2 is 1.60 bits per heavy atom. The summed E-state index contributed by atoms with van der Waals surface area (Å²) in [5.41, 5.74) is 6.01. The Balaban J connectivity index is 1.67. The van der Waals surface area contributed by atoms with Crippen LogP contribution in [0.3, 0.4) is 0 Å². The summed E-state index contributed by atoms with van der Waals surface area (Å²) >= 11 is 0. The number of fused-ring (bicyclic) bond motifs is 1. The van der Waals surface area contributed by atoms with E-state index in [0.29, 0.717) is 24.8 Å². The molecule has 1 amide bonds. The Morgan fingerprint density at radius 1 is 0.950 bits per heavy atom. The van der Waals surface area contributed by atoms with Gasteiger partial charge < -0.3 is 10.2 Å². The molecule has 0 radical (unpaired) electrons. The molecule has 1 aliphatic carbocycles. The highest BCUT2D eigenvalue weighted by Crippen LogP contribution is 2.47. The number of para-hydroxylation sites is 2. The third-order valence-corrected chi connectivity index (χ3v) is 8.02. The van der Waals surface area contributed by atoms with Crippen LogP contribution in [-0.4, -0.2) is 24.8 Å².